The maximum Gasteiger partial charge on any atom is 0.207 e. The van der Waals surface area contributed by atoms with E-state index in [1.807, 2.05) is 0 Å². The third kappa shape index (κ3) is 7.41. The summed E-state index contributed by atoms with van der Waals surface area (Å²) in [6, 6.07) is 1.52. The van der Waals surface area contributed by atoms with Crippen LogP contribution in [0.2, 0.25) is 0 Å². The molecule has 0 saturated carbocycles. The number of methoxy groups -OCH3 is 2. The fraction of sp³-hybridized carbons (Fsp3) is 0.478. The molecule has 0 fully saturated rings. The SMILES string of the molecule is COc1c(O)cc(C/C=C(\C)CC/C=C(\C)CCC=C(C)C)c(O)c1OC. The number of phenolic OH excluding ortho intramolecular Hbond substituents is 2. The summed E-state index contributed by atoms with van der Waals surface area (Å²) in [5.74, 6) is 0.274. The van der Waals surface area contributed by atoms with Gasteiger partial charge in [-0.3, -0.25) is 0 Å². The number of hydrogen-bond acceptors (Lipinski definition) is 4. The van der Waals surface area contributed by atoms with E-state index in [0.717, 1.165) is 25.7 Å². The van der Waals surface area contributed by atoms with Crippen LogP contribution in [0.15, 0.2) is 41.0 Å². The first kappa shape index (κ1) is 22.7. The van der Waals surface area contributed by atoms with Crippen molar-refractivity contribution in [2.24, 2.45) is 0 Å². The van der Waals surface area contributed by atoms with E-state index >= 15 is 0 Å². The molecule has 0 aliphatic rings. The molecule has 0 heterocycles. The molecule has 1 rings (SSSR count). The monoisotopic (exact) mass is 374 g/mol. The third-order valence-electron chi connectivity index (χ3n) is 4.47. The lowest BCUT2D eigenvalue weighted by Gasteiger charge is -2.14. The molecule has 0 spiro atoms. The minimum absolute atomic E-state index is 0.00575. The van der Waals surface area contributed by atoms with Crippen LogP contribution in [0.5, 0.6) is 23.0 Å². The lowest BCUT2D eigenvalue weighted by atomic mass is 10.0. The Labute approximate surface area is 163 Å². The van der Waals surface area contributed by atoms with Gasteiger partial charge in [0.05, 0.1) is 14.2 Å². The number of hydrogen-bond donors (Lipinski definition) is 2. The van der Waals surface area contributed by atoms with E-state index in [-0.39, 0.29) is 23.0 Å². The summed E-state index contributed by atoms with van der Waals surface area (Å²) in [5.41, 5.74) is 4.64. The van der Waals surface area contributed by atoms with Gasteiger partial charge in [0.2, 0.25) is 11.5 Å². The van der Waals surface area contributed by atoms with Gasteiger partial charge < -0.3 is 19.7 Å². The van der Waals surface area contributed by atoms with Crippen LogP contribution < -0.4 is 9.47 Å². The number of ether oxygens (including phenoxy) is 2. The van der Waals surface area contributed by atoms with Crippen molar-refractivity contribution in [3.05, 3.63) is 46.6 Å². The van der Waals surface area contributed by atoms with Gasteiger partial charge >= 0.3 is 0 Å². The molecule has 0 amide bonds. The summed E-state index contributed by atoms with van der Waals surface area (Å²) in [6.45, 7) is 8.53. The van der Waals surface area contributed by atoms with Crippen LogP contribution in [0.4, 0.5) is 0 Å². The highest BCUT2D eigenvalue weighted by Crippen LogP contribution is 2.45. The van der Waals surface area contributed by atoms with E-state index < -0.39 is 0 Å². The molecule has 0 saturated heterocycles. The number of aromatic hydroxyl groups is 2. The van der Waals surface area contributed by atoms with Gasteiger partial charge in [0, 0.05) is 5.56 Å². The fourth-order valence-electron chi connectivity index (χ4n) is 2.83. The quantitative estimate of drug-likeness (QED) is 0.385. The number of benzene rings is 1. The predicted octanol–water partition coefficient (Wildman–Crippen LogP) is 6.08. The Bertz CT molecular complexity index is 708. The second kappa shape index (κ2) is 11.4. The molecule has 1 aromatic carbocycles. The number of allylic oxidation sites excluding steroid dienone is 6. The van der Waals surface area contributed by atoms with Crippen molar-refractivity contribution in [1.82, 2.24) is 0 Å². The molecule has 27 heavy (non-hydrogen) atoms. The highest BCUT2D eigenvalue weighted by molar-refractivity contribution is 5.62. The van der Waals surface area contributed by atoms with Gasteiger partial charge in [0.15, 0.2) is 11.5 Å². The van der Waals surface area contributed by atoms with Crippen molar-refractivity contribution in [3.63, 3.8) is 0 Å². The normalized spacial score (nSPS) is 12.1. The van der Waals surface area contributed by atoms with Gasteiger partial charge in [-0.1, -0.05) is 34.9 Å². The Morgan fingerprint density at radius 3 is 1.96 bits per heavy atom. The molecule has 0 radical (unpaired) electrons. The molecule has 4 heteroatoms. The molecule has 0 bridgehead atoms. The molecule has 0 atom stereocenters. The maximum atomic E-state index is 10.3. The molecule has 0 aromatic heterocycles. The molecule has 1 aromatic rings. The zero-order valence-corrected chi connectivity index (χ0v) is 17.6. The standard InChI is InChI=1S/C23H34O4/c1-16(2)9-7-10-17(3)11-8-12-18(4)13-14-19-15-20(24)22(26-5)23(27-6)21(19)25/h9,11,13,15,24-25H,7-8,10,12,14H2,1-6H3/b17-11+,18-13+. The zero-order valence-electron chi connectivity index (χ0n) is 17.6. The average Bonchev–Trinajstić information content (AvgIpc) is 2.61. The van der Waals surface area contributed by atoms with E-state index in [4.69, 9.17) is 9.47 Å². The largest absolute Gasteiger partial charge is 0.504 e. The van der Waals surface area contributed by atoms with E-state index in [9.17, 15) is 10.2 Å². The average molecular weight is 375 g/mol. The third-order valence-corrected chi connectivity index (χ3v) is 4.47. The van der Waals surface area contributed by atoms with Gasteiger partial charge in [-0.15, -0.1) is 0 Å². The van der Waals surface area contributed by atoms with Crippen LogP contribution in [0, 0.1) is 0 Å². The van der Waals surface area contributed by atoms with Crippen LogP contribution in [-0.2, 0) is 6.42 Å². The van der Waals surface area contributed by atoms with E-state index in [2.05, 4.69) is 45.9 Å². The first-order valence-electron chi connectivity index (χ1n) is 9.40. The lowest BCUT2D eigenvalue weighted by Crippen LogP contribution is -1.95. The van der Waals surface area contributed by atoms with E-state index in [0.29, 0.717) is 12.0 Å². The number of rotatable bonds is 10. The highest BCUT2D eigenvalue weighted by atomic mass is 16.5. The Morgan fingerprint density at radius 1 is 0.852 bits per heavy atom. The summed E-state index contributed by atoms with van der Waals surface area (Å²) < 4.78 is 10.3. The van der Waals surface area contributed by atoms with Crippen molar-refractivity contribution in [2.75, 3.05) is 14.2 Å². The fourth-order valence-corrected chi connectivity index (χ4v) is 2.83. The zero-order chi connectivity index (χ0) is 20.4. The molecular weight excluding hydrogens is 340 g/mol. The second-order valence-corrected chi connectivity index (χ2v) is 7.13. The van der Waals surface area contributed by atoms with E-state index in [1.165, 1.54) is 37.0 Å². The highest BCUT2D eigenvalue weighted by Gasteiger charge is 2.18. The van der Waals surface area contributed by atoms with Crippen LogP contribution in [0.25, 0.3) is 0 Å². The first-order chi connectivity index (χ1) is 12.8. The first-order valence-corrected chi connectivity index (χ1v) is 9.40. The smallest absolute Gasteiger partial charge is 0.207 e. The van der Waals surface area contributed by atoms with Gasteiger partial charge in [0.1, 0.15) is 0 Å². The van der Waals surface area contributed by atoms with E-state index in [1.54, 1.807) is 0 Å². The number of phenols is 2. The minimum Gasteiger partial charge on any atom is -0.504 e. The molecular formula is C23H34O4. The van der Waals surface area contributed by atoms with Crippen molar-refractivity contribution >= 4 is 0 Å². The van der Waals surface area contributed by atoms with Crippen LogP contribution in [0.3, 0.4) is 0 Å². The molecule has 0 aliphatic heterocycles. The summed E-state index contributed by atoms with van der Waals surface area (Å²) >= 11 is 0. The summed E-state index contributed by atoms with van der Waals surface area (Å²) in [5, 5.41) is 20.4. The summed E-state index contributed by atoms with van der Waals surface area (Å²) in [7, 11) is 2.87. The van der Waals surface area contributed by atoms with Crippen LogP contribution >= 0.6 is 0 Å². The summed E-state index contributed by atoms with van der Waals surface area (Å²) in [4.78, 5) is 0. The molecule has 0 aliphatic carbocycles. The Hall–Kier alpha value is -2.36. The minimum atomic E-state index is -0.0388. The van der Waals surface area contributed by atoms with Gasteiger partial charge in [0.25, 0.3) is 0 Å². The molecule has 0 unspecified atom stereocenters. The van der Waals surface area contributed by atoms with Gasteiger partial charge in [-0.05, 0) is 65.9 Å². The van der Waals surface area contributed by atoms with Gasteiger partial charge in [-0.2, -0.15) is 0 Å². The van der Waals surface area contributed by atoms with Crippen LogP contribution in [0.1, 0.15) is 58.9 Å². The molecule has 150 valence electrons. The van der Waals surface area contributed by atoms with Gasteiger partial charge in [-0.25, -0.2) is 0 Å². The summed E-state index contributed by atoms with van der Waals surface area (Å²) in [6.07, 6.45) is 11.4. The Kier molecular flexibility index (Phi) is 9.55. The van der Waals surface area contributed by atoms with Crippen molar-refractivity contribution in [3.8, 4) is 23.0 Å². The molecule has 4 nitrogen and oxygen atoms in total. The lowest BCUT2D eigenvalue weighted by molar-refractivity contribution is 0.315. The van der Waals surface area contributed by atoms with Crippen molar-refractivity contribution < 1.29 is 19.7 Å². The van der Waals surface area contributed by atoms with Crippen molar-refractivity contribution in [1.29, 1.82) is 0 Å². The second-order valence-electron chi connectivity index (χ2n) is 7.13. The predicted molar refractivity (Wildman–Crippen MR) is 112 cm³/mol. The maximum absolute atomic E-state index is 10.3. The van der Waals surface area contributed by atoms with Crippen molar-refractivity contribution in [2.45, 2.75) is 59.8 Å². The van der Waals surface area contributed by atoms with Crippen LogP contribution in [-0.4, -0.2) is 24.4 Å². The topological polar surface area (TPSA) is 58.9 Å². The Balaban J connectivity index is 2.67. The Morgan fingerprint density at radius 2 is 1.41 bits per heavy atom. The molecule has 2 N–H and O–H groups in total.